The maximum absolute atomic E-state index is 12.2. The molecule has 2 rings (SSSR count). The Labute approximate surface area is 119 Å². The van der Waals surface area contributed by atoms with Gasteiger partial charge in [-0.2, -0.15) is 0 Å². The molecule has 1 fully saturated rings. The first-order chi connectivity index (χ1) is 9.06. The molecule has 1 aromatic heterocycles. The Hall–Kier alpha value is -1.13. The van der Waals surface area contributed by atoms with Crippen LogP contribution >= 0.6 is 11.6 Å². The number of carbonyl (C=O) groups is 1. The average molecular weight is 282 g/mol. The number of amides is 1. The molecular formula is C14H20ClN3O. The van der Waals surface area contributed by atoms with Crippen LogP contribution in [0.25, 0.3) is 0 Å². The molecular weight excluding hydrogens is 262 g/mol. The van der Waals surface area contributed by atoms with Crippen molar-refractivity contribution in [3.63, 3.8) is 0 Å². The SMILES string of the molecule is CN1CCC(CN(C)C(=O)c2cc(Cl)ccn2)CC1. The third-order valence-electron chi connectivity index (χ3n) is 3.66. The number of rotatable bonds is 3. The molecule has 0 atom stereocenters. The van der Waals surface area contributed by atoms with E-state index in [1.807, 2.05) is 7.05 Å². The van der Waals surface area contributed by atoms with Gasteiger partial charge in [-0.25, -0.2) is 0 Å². The topological polar surface area (TPSA) is 36.4 Å². The zero-order chi connectivity index (χ0) is 13.8. The molecule has 0 radical (unpaired) electrons. The molecule has 0 aliphatic carbocycles. The normalized spacial score (nSPS) is 17.4. The number of hydrogen-bond acceptors (Lipinski definition) is 3. The molecule has 2 heterocycles. The highest BCUT2D eigenvalue weighted by Crippen LogP contribution is 2.18. The van der Waals surface area contributed by atoms with E-state index in [0.29, 0.717) is 16.6 Å². The molecule has 4 nitrogen and oxygen atoms in total. The second-order valence-electron chi connectivity index (χ2n) is 5.29. The van der Waals surface area contributed by atoms with Gasteiger partial charge in [-0.05, 0) is 51.0 Å². The number of piperidine rings is 1. The summed E-state index contributed by atoms with van der Waals surface area (Å²) < 4.78 is 0. The molecule has 19 heavy (non-hydrogen) atoms. The third kappa shape index (κ3) is 3.91. The van der Waals surface area contributed by atoms with Gasteiger partial charge in [0.2, 0.25) is 0 Å². The lowest BCUT2D eigenvalue weighted by atomic mass is 9.96. The lowest BCUT2D eigenvalue weighted by molar-refractivity contribution is 0.0741. The van der Waals surface area contributed by atoms with Crippen LogP contribution in [0.3, 0.4) is 0 Å². The first-order valence-electron chi connectivity index (χ1n) is 6.62. The minimum absolute atomic E-state index is 0.0542. The Balaban J connectivity index is 1.92. The zero-order valence-electron chi connectivity index (χ0n) is 11.5. The second kappa shape index (κ2) is 6.35. The van der Waals surface area contributed by atoms with Crippen molar-refractivity contribution in [1.82, 2.24) is 14.8 Å². The summed E-state index contributed by atoms with van der Waals surface area (Å²) in [6, 6.07) is 3.30. The summed E-state index contributed by atoms with van der Waals surface area (Å²) in [7, 11) is 3.98. The number of nitrogens with zero attached hydrogens (tertiary/aromatic N) is 3. The Kier molecular flexibility index (Phi) is 4.77. The van der Waals surface area contributed by atoms with E-state index in [2.05, 4.69) is 16.9 Å². The molecule has 0 unspecified atom stereocenters. The van der Waals surface area contributed by atoms with E-state index in [9.17, 15) is 4.79 Å². The number of pyridine rings is 1. The second-order valence-corrected chi connectivity index (χ2v) is 5.73. The Morgan fingerprint density at radius 3 is 2.84 bits per heavy atom. The minimum atomic E-state index is -0.0542. The first-order valence-corrected chi connectivity index (χ1v) is 6.99. The van der Waals surface area contributed by atoms with Crippen LogP contribution in [0.1, 0.15) is 23.3 Å². The highest BCUT2D eigenvalue weighted by molar-refractivity contribution is 6.30. The van der Waals surface area contributed by atoms with Crippen molar-refractivity contribution < 1.29 is 4.79 Å². The monoisotopic (exact) mass is 281 g/mol. The fraction of sp³-hybridized carbons (Fsp3) is 0.571. The van der Waals surface area contributed by atoms with E-state index in [-0.39, 0.29) is 5.91 Å². The Morgan fingerprint density at radius 2 is 2.21 bits per heavy atom. The molecule has 1 aliphatic rings. The van der Waals surface area contributed by atoms with Gasteiger partial charge in [-0.15, -0.1) is 0 Å². The van der Waals surface area contributed by atoms with Crippen LogP contribution in [-0.4, -0.2) is 54.4 Å². The molecule has 0 spiro atoms. The van der Waals surface area contributed by atoms with Crippen molar-refractivity contribution >= 4 is 17.5 Å². The molecule has 1 aromatic rings. The molecule has 0 aromatic carbocycles. The quantitative estimate of drug-likeness (QED) is 0.852. The summed E-state index contributed by atoms with van der Waals surface area (Å²) in [4.78, 5) is 20.4. The standard InChI is InChI=1S/C14H20ClN3O/c1-17-7-4-11(5-8-17)10-18(2)14(19)13-9-12(15)3-6-16-13/h3,6,9,11H,4-5,7-8,10H2,1-2H3. The highest BCUT2D eigenvalue weighted by atomic mass is 35.5. The average Bonchev–Trinajstić information content (AvgIpc) is 2.40. The minimum Gasteiger partial charge on any atom is -0.340 e. The smallest absolute Gasteiger partial charge is 0.272 e. The van der Waals surface area contributed by atoms with Crippen LogP contribution in [-0.2, 0) is 0 Å². The number of carbonyl (C=O) groups excluding carboxylic acids is 1. The van der Waals surface area contributed by atoms with Crippen LogP contribution in [0.5, 0.6) is 0 Å². The van der Waals surface area contributed by atoms with Gasteiger partial charge >= 0.3 is 0 Å². The van der Waals surface area contributed by atoms with E-state index >= 15 is 0 Å². The predicted molar refractivity (Wildman–Crippen MR) is 76.4 cm³/mol. The molecule has 1 saturated heterocycles. The van der Waals surface area contributed by atoms with E-state index < -0.39 is 0 Å². The van der Waals surface area contributed by atoms with Crippen molar-refractivity contribution in [2.75, 3.05) is 33.7 Å². The van der Waals surface area contributed by atoms with Crippen molar-refractivity contribution in [3.8, 4) is 0 Å². The van der Waals surface area contributed by atoms with Gasteiger partial charge in [0.1, 0.15) is 5.69 Å². The van der Waals surface area contributed by atoms with Crippen LogP contribution in [0.2, 0.25) is 5.02 Å². The lowest BCUT2D eigenvalue weighted by Crippen LogP contribution is -2.38. The summed E-state index contributed by atoms with van der Waals surface area (Å²) in [5.74, 6) is 0.533. The zero-order valence-corrected chi connectivity index (χ0v) is 12.2. The van der Waals surface area contributed by atoms with E-state index in [1.165, 1.54) is 0 Å². The molecule has 1 aliphatic heterocycles. The van der Waals surface area contributed by atoms with Gasteiger partial charge in [-0.1, -0.05) is 11.6 Å². The third-order valence-corrected chi connectivity index (χ3v) is 3.89. The molecule has 0 N–H and O–H groups in total. The van der Waals surface area contributed by atoms with Crippen LogP contribution in [0.15, 0.2) is 18.3 Å². The maximum atomic E-state index is 12.2. The van der Waals surface area contributed by atoms with Crippen LogP contribution in [0, 0.1) is 5.92 Å². The molecule has 1 amide bonds. The van der Waals surface area contributed by atoms with E-state index in [1.54, 1.807) is 23.2 Å². The van der Waals surface area contributed by atoms with E-state index in [4.69, 9.17) is 11.6 Å². The Morgan fingerprint density at radius 1 is 1.53 bits per heavy atom. The van der Waals surface area contributed by atoms with Crippen LogP contribution in [0.4, 0.5) is 0 Å². The van der Waals surface area contributed by atoms with E-state index in [0.717, 1.165) is 32.5 Å². The number of aromatic nitrogens is 1. The number of halogens is 1. The van der Waals surface area contributed by atoms with Gasteiger partial charge in [-0.3, -0.25) is 9.78 Å². The molecule has 5 heteroatoms. The van der Waals surface area contributed by atoms with Crippen molar-refractivity contribution in [1.29, 1.82) is 0 Å². The molecule has 0 saturated carbocycles. The van der Waals surface area contributed by atoms with Gasteiger partial charge in [0.05, 0.1) is 0 Å². The van der Waals surface area contributed by atoms with Gasteiger partial charge in [0, 0.05) is 24.8 Å². The van der Waals surface area contributed by atoms with Crippen molar-refractivity contribution in [2.24, 2.45) is 5.92 Å². The largest absolute Gasteiger partial charge is 0.340 e. The summed E-state index contributed by atoms with van der Waals surface area (Å²) in [6.07, 6.45) is 3.87. The summed E-state index contributed by atoms with van der Waals surface area (Å²) in [5, 5.41) is 0.547. The van der Waals surface area contributed by atoms with Gasteiger partial charge < -0.3 is 9.80 Å². The van der Waals surface area contributed by atoms with Crippen LogP contribution < -0.4 is 0 Å². The number of likely N-dealkylation sites (tertiary alicyclic amines) is 1. The molecule has 0 bridgehead atoms. The number of hydrogen-bond donors (Lipinski definition) is 0. The van der Waals surface area contributed by atoms with Crippen molar-refractivity contribution in [2.45, 2.75) is 12.8 Å². The highest BCUT2D eigenvalue weighted by Gasteiger charge is 2.21. The summed E-state index contributed by atoms with van der Waals surface area (Å²) in [5.41, 5.74) is 0.419. The Bertz CT molecular complexity index is 444. The first kappa shape index (κ1) is 14.3. The molecule has 104 valence electrons. The van der Waals surface area contributed by atoms with Gasteiger partial charge in [0.15, 0.2) is 0 Å². The summed E-state index contributed by atoms with van der Waals surface area (Å²) >= 11 is 5.89. The lowest BCUT2D eigenvalue weighted by Gasteiger charge is -2.31. The predicted octanol–water partition coefficient (Wildman–Crippen LogP) is 2.15. The van der Waals surface area contributed by atoms with Gasteiger partial charge in [0.25, 0.3) is 5.91 Å². The fourth-order valence-corrected chi connectivity index (χ4v) is 2.59. The van der Waals surface area contributed by atoms with Crippen molar-refractivity contribution in [3.05, 3.63) is 29.0 Å². The maximum Gasteiger partial charge on any atom is 0.272 e. The summed E-state index contributed by atoms with van der Waals surface area (Å²) in [6.45, 7) is 3.02. The fourth-order valence-electron chi connectivity index (χ4n) is 2.43.